The van der Waals surface area contributed by atoms with E-state index in [9.17, 15) is 10.4 Å². The maximum Gasteiger partial charge on any atom is 0.108 e. The topological polar surface area (TPSA) is 79.5 Å². The van der Waals surface area contributed by atoms with E-state index in [1.54, 1.807) is 11.3 Å². The molecule has 0 amide bonds. The van der Waals surface area contributed by atoms with Crippen LogP contribution in [0.15, 0.2) is 53.4 Å². The van der Waals surface area contributed by atoms with Crippen LogP contribution in [0.1, 0.15) is 44.9 Å². The molecule has 1 saturated heterocycles. The van der Waals surface area contributed by atoms with Gasteiger partial charge in [0.15, 0.2) is 0 Å². The van der Waals surface area contributed by atoms with Crippen molar-refractivity contribution in [2.75, 3.05) is 31.1 Å². The molecule has 0 aliphatic carbocycles. The summed E-state index contributed by atoms with van der Waals surface area (Å²) in [6, 6.07) is 19.8. The molecular formula is C28H35N3O2S2. The van der Waals surface area contributed by atoms with Gasteiger partial charge in [-0.1, -0.05) is 32.0 Å². The Hall–Kier alpha value is -2.34. The lowest BCUT2D eigenvalue weighted by molar-refractivity contribution is 0.0994. The van der Waals surface area contributed by atoms with Crippen LogP contribution in [0.4, 0.5) is 5.69 Å². The summed E-state index contributed by atoms with van der Waals surface area (Å²) in [5, 5.41) is 30.4. The lowest BCUT2D eigenvalue weighted by Crippen LogP contribution is -2.29. The molecule has 5 nitrogen and oxygen atoms in total. The summed E-state index contributed by atoms with van der Waals surface area (Å²) in [5.74, 6) is 0. The van der Waals surface area contributed by atoms with Crippen LogP contribution in [-0.2, 0) is 0 Å². The predicted octanol–water partition coefficient (Wildman–Crippen LogP) is 6.43. The number of nitrogens with zero attached hydrogens (tertiary/aromatic N) is 2. The highest BCUT2D eigenvalue weighted by atomic mass is 32.2. The van der Waals surface area contributed by atoms with Gasteiger partial charge in [0.1, 0.15) is 11.0 Å². The van der Waals surface area contributed by atoms with E-state index in [2.05, 4.69) is 64.2 Å². The highest BCUT2D eigenvalue weighted by Gasteiger charge is 2.13. The van der Waals surface area contributed by atoms with Crippen LogP contribution < -0.4 is 9.62 Å². The minimum Gasteiger partial charge on any atom is -0.394 e. The van der Waals surface area contributed by atoms with Gasteiger partial charge in [0, 0.05) is 35.1 Å². The fourth-order valence-corrected chi connectivity index (χ4v) is 5.80. The second-order valence-electron chi connectivity index (χ2n) is 8.31. The van der Waals surface area contributed by atoms with Gasteiger partial charge in [0.2, 0.25) is 0 Å². The van der Waals surface area contributed by atoms with Gasteiger partial charge in [-0.2, -0.15) is 5.26 Å². The zero-order chi connectivity index (χ0) is 25.2. The SMILES string of the molecule is C/C(=C(/C#N)SNCC(O)CO)c1ccc(-c2ccc3cc(N4CCCCC4)ccc3c2)s1.CC. The molecule has 1 aliphatic heterocycles. The fourth-order valence-electron chi connectivity index (χ4n) is 4.00. The van der Waals surface area contributed by atoms with E-state index in [0.29, 0.717) is 4.91 Å². The molecule has 0 radical (unpaired) electrons. The van der Waals surface area contributed by atoms with Crippen LogP contribution in [0.3, 0.4) is 0 Å². The highest BCUT2D eigenvalue weighted by molar-refractivity contribution is 8.01. The quantitative estimate of drug-likeness (QED) is 0.240. The lowest BCUT2D eigenvalue weighted by Gasteiger charge is -2.29. The molecule has 1 aliphatic rings. The number of anilines is 1. The first-order valence-electron chi connectivity index (χ1n) is 12.3. The first-order chi connectivity index (χ1) is 17.1. The van der Waals surface area contributed by atoms with Crippen molar-refractivity contribution in [1.82, 2.24) is 4.72 Å². The standard InChI is InChI=1S/C26H29N3O2S2.C2H6/c1-18(26(15-27)33-28-16-23(31)17-30)24-9-10-25(32-24)21-6-5-20-14-22(8-7-19(20)13-21)29-11-3-2-4-12-29;1-2/h5-10,13-14,23,28,30-31H,2-4,11-12,16-17H2,1H3;1-2H3/b26-18+;. The summed E-state index contributed by atoms with van der Waals surface area (Å²) in [7, 11) is 0. The average Bonchev–Trinajstić information content (AvgIpc) is 3.42. The Kier molecular flexibility index (Phi) is 10.6. The second-order valence-corrected chi connectivity index (χ2v) is 10.3. The minimum atomic E-state index is -0.838. The average molecular weight is 510 g/mol. The van der Waals surface area contributed by atoms with Gasteiger partial charge in [-0.3, -0.25) is 4.72 Å². The van der Waals surface area contributed by atoms with Gasteiger partial charge >= 0.3 is 0 Å². The van der Waals surface area contributed by atoms with Crippen molar-refractivity contribution in [2.45, 2.75) is 46.1 Å². The Morgan fingerprint density at radius 3 is 2.51 bits per heavy atom. The molecule has 35 heavy (non-hydrogen) atoms. The molecule has 3 N–H and O–H groups in total. The van der Waals surface area contributed by atoms with Crippen molar-refractivity contribution >= 4 is 45.3 Å². The third-order valence-electron chi connectivity index (χ3n) is 5.95. The number of piperidine rings is 1. The Morgan fingerprint density at radius 1 is 1.09 bits per heavy atom. The molecule has 186 valence electrons. The van der Waals surface area contributed by atoms with Gasteiger partial charge in [0.05, 0.1) is 12.7 Å². The third kappa shape index (κ3) is 7.09. The first kappa shape index (κ1) is 27.3. The molecule has 3 aromatic rings. The maximum atomic E-state index is 9.56. The van der Waals surface area contributed by atoms with Crippen molar-refractivity contribution in [3.63, 3.8) is 0 Å². The summed E-state index contributed by atoms with van der Waals surface area (Å²) in [5.41, 5.74) is 3.39. The number of nitriles is 1. The van der Waals surface area contributed by atoms with Crippen molar-refractivity contribution in [3.8, 4) is 16.5 Å². The van der Waals surface area contributed by atoms with Crippen LogP contribution in [0.5, 0.6) is 0 Å². The monoisotopic (exact) mass is 509 g/mol. The molecule has 7 heteroatoms. The molecule has 1 fully saturated rings. The number of aliphatic hydroxyl groups excluding tert-OH is 2. The Morgan fingerprint density at radius 2 is 1.80 bits per heavy atom. The van der Waals surface area contributed by atoms with E-state index >= 15 is 0 Å². The summed E-state index contributed by atoms with van der Waals surface area (Å²) in [4.78, 5) is 5.25. The number of hydrogen-bond acceptors (Lipinski definition) is 7. The molecule has 0 saturated carbocycles. The summed E-state index contributed by atoms with van der Waals surface area (Å²) < 4.78 is 2.95. The van der Waals surface area contributed by atoms with Crippen molar-refractivity contribution in [3.05, 3.63) is 58.3 Å². The van der Waals surface area contributed by atoms with Crippen LogP contribution in [-0.4, -0.2) is 42.6 Å². The molecule has 4 rings (SSSR count). The lowest BCUT2D eigenvalue weighted by atomic mass is 10.0. The zero-order valence-electron chi connectivity index (χ0n) is 20.8. The number of nitrogens with one attached hydrogen (secondary N) is 1. The van der Waals surface area contributed by atoms with Gasteiger partial charge in [-0.25, -0.2) is 0 Å². The molecule has 1 atom stereocenters. The van der Waals surface area contributed by atoms with Gasteiger partial charge in [-0.15, -0.1) is 11.3 Å². The van der Waals surface area contributed by atoms with Crippen molar-refractivity contribution < 1.29 is 10.2 Å². The van der Waals surface area contributed by atoms with E-state index in [-0.39, 0.29) is 13.2 Å². The number of benzene rings is 2. The summed E-state index contributed by atoms with van der Waals surface area (Å²) >= 11 is 2.86. The van der Waals surface area contributed by atoms with Crippen molar-refractivity contribution in [1.29, 1.82) is 5.26 Å². The molecular weight excluding hydrogens is 474 g/mol. The Bertz CT molecular complexity index is 1180. The maximum absolute atomic E-state index is 9.56. The Labute approximate surface area is 217 Å². The number of allylic oxidation sites excluding steroid dienone is 2. The molecule has 0 bridgehead atoms. The van der Waals surface area contributed by atoms with E-state index in [0.717, 1.165) is 28.4 Å². The minimum absolute atomic E-state index is 0.214. The normalized spacial score (nSPS) is 15.1. The predicted molar refractivity (Wildman–Crippen MR) is 152 cm³/mol. The highest BCUT2D eigenvalue weighted by Crippen LogP contribution is 2.36. The molecule has 2 heterocycles. The van der Waals surface area contributed by atoms with Gasteiger partial charge in [0.25, 0.3) is 0 Å². The smallest absolute Gasteiger partial charge is 0.108 e. The Balaban J connectivity index is 0.00000167. The van der Waals surface area contributed by atoms with E-state index in [1.165, 1.54) is 53.2 Å². The molecule has 0 spiro atoms. The number of aliphatic hydroxyl groups is 2. The van der Waals surface area contributed by atoms with Crippen LogP contribution in [0.25, 0.3) is 26.8 Å². The van der Waals surface area contributed by atoms with E-state index < -0.39 is 6.10 Å². The second kappa shape index (κ2) is 13.7. The molecule has 1 unspecified atom stereocenters. The zero-order valence-corrected chi connectivity index (χ0v) is 22.4. The number of thiophene rings is 1. The molecule has 2 aromatic carbocycles. The van der Waals surface area contributed by atoms with E-state index in [4.69, 9.17) is 5.11 Å². The van der Waals surface area contributed by atoms with Crippen molar-refractivity contribution in [2.24, 2.45) is 0 Å². The van der Waals surface area contributed by atoms with Crippen LogP contribution in [0.2, 0.25) is 0 Å². The summed E-state index contributed by atoms with van der Waals surface area (Å²) in [6.07, 6.45) is 3.05. The first-order valence-corrected chi connectivity index (χ1v) is 13.9. The van der Waals surface area contributed by atoms with Gasteiger partial charge < -0.3 is 15.1 Å². The number of fused-ring (bicyclic) bond motifs is 1. The molecule has 1 aromatic heterocycles. The van der Waals surface area contributed by atoms with Crippen LogP contribution >= 0.6 is 23.3 Å². The number of rotatable bonds is 8. The fraction of sp³-hybridized carbons (Fsp3) is 0.393. The van der Waals surface area contributed by atoms with Crippen LogP contribution in [0, 0.1) is 11.3 Å². The van der Waals surface area contributed by atoms with Gasteiger partial charge in [-0.05, 0) is 90.4 Å². The third-order valence-corrected chi connectivity index (χ3v) is 8.12. The van der Waals surface area contributed by atoms with E-state index in [1.807, 2.05) is 20.8 Å². The number of hydrogen-bond donors (Lipinski definition) is 3. The largest absolute Gasteiger partial charge is 0.394 e. The summed E-state index contributed by atoms with van der Waals surface area (Å²) in [6.45, 7) is 8.14.